The third kappa shape index (κ3) is 3.64. The van der Waals surface area contributed by atoms with Gasteiger partial charge in [-0.25, -0.2) is 0 Å². The molecule has 21 heavy (non-hydrogen) atoms. The molecule has 4 heteroatoms. The van der Waals surface area contributed by atoms with Gasteiger partial charge in [0, 0.05) is 17.5 Å². The van der Waals surface area contributed by atoms with Crippen LogP contribution < -0.4 is 5.32 Å². The van der Waals surface area contributed by atoms with Gasteiger partial charge in [-0.1, -0.05) is 32.0 Å². The van der Waals surface area contributed by atoms with E-state index in [1.807, 2.05) is 45.0 Å². The zero-order valence-corrected chi connectivity index (χ0v) is 13.1. The zero-order chi connectivity index (χ0) is 15.6. The number of carbonyl (C=O) groups is 1. The summed E-state index contributed by atoms with van der Waals surface area (Å²) in [7, 11) is 0. The molecule has 0 saturated heterocycles. The first-order valence-electron chi connectivity index (χ1n) is 7.29. The highest BCUT2D eigenvalue weighted by atomic mass is 16.3. The van der Waals surface area contributed by atoms with Gasteiger partial charge in [0.15, 0.2) is 5.76 Å². The smallest absolute Gasteiger partial charge is 0.287 e. The van der Waals surface area contributed by atoms with Gasteiger partial charge in [-0.15, -0.1) is 0 Å². The fourth-order valence-corrected chi connectivity index (χ4v) is 2.69. The molecule has 1 unspecified atom stereocenters. The Bertz CT molecular complexity index is 641. The zero-order valence-electron chi connectivity index (χ0n) is 13.1. The van der Waals surface area contributed by atoms with Crippen LogP contribution in [0.4, 0.5) is 0 Å². The van der Waals surface area contributed by atoms with Crippen LogP contribution in [0.5, 0.6) is 0 Å². The third-order valence-corrected chi connectivity index (χ3v) is 3.53. The van der Waals surface area contributed by atoms with Crippen LogP contribution in [0.1, 0.15) is 43.3 Å². The normalized spacial score (nSPS) is 14.4. The summed E-state index contributed by atoms with van der Waals surface area (Å²) in [6.07, 6.45) is 0.631. The van der Waals surface area contributed by atoms with Crippen molar-refractivity contribution >= 4 is 16.9 Å². The molecule has 0 radical (unpaired) electrons. The maximum absolute atomic E-state index is 12.3. The number of aryl methyl sites for hydroxylation is 1. The number of para-hydroxylation sites is 1. The van der Waals surface area contributed by atoms with E-state index in [2.05, 4.69) is 5.32 Å². The minimum Gasteiger partial charge on any atom is -0.451 e. The first-order chi connectivity index (χ1) is 9.80. The Morgan fingerprint density at radius 2 is 2.05 bits per heavy atom. The van der Waals surface area contributed by atoms with E-state index >= 15 is 0 Å². The fourth-order valence-electron chi connectivity index (χ4n) is 2.69. The van der Waals surface area contributed by atoms with Crippen LogP contribution in [0.3, 0.4) is 0 Å². The molecule has 0 spiro atoms. The van der Waals surface area contributed by atoms with Crippen molar-refractivity contribution in [3.8, 4) is 0 Å². The Labute approximate surface area is 125 Å². The maximum atomic E-state index is 12.3. The van der Waals surface area contributed by atoms with E-state index in [-0.39, 0.29) is 12.5 Å². The number of hydrogen-bond donors (Lipinski definition) is 2. The van der Waals surface area contributed by atoms with Crippen LogP contribution in [0.15, 0.2) is 28.7 Å². The average Bonchev–Trinajstić information content (AvgIpc) is 2.73. The van der Waals surface area contributed by atoms with E-state index in [1.165, 1.54) is 0 Å². The molecule has 0 aliphatic carbocycles. The molecule has 0 aliphatic heterocycles. The van der Waals surface area contributed by atoms with Crippen LogP contribution in [0.2, 0.25) is 0 Å². The number of amides is 1. The average molecular weight is 289 g/mol. The summed E-state index contributed by atoms with van der Waals surface area (Å²) in [5, 5.41) is 13.9. The van der Waals surface area contributed by atoms with E-state index in [0.29, 0.717) is 23.7 Å². The number of carbonyl (C=O) groups excluding carboxylic acids is 1. The van der Waals surface area contributed by atoms with Crippen molar-refractivity contribution in [1.82, 2.24) is 5.32 Å². The molecule has 0 saturated carbocycles. The second kappa shape index (κ2) is 5.90. The molecule has 0 aliphatic rings. The van der Waals surface area contributed by atoms with Gasteiger partial charge in [-0.3, -0.25) is 4.79 Å². The standard InChI is InChI=1S/C17H23NO3/c1-11(2)9-17(4,20)10-18-16(19)15-12(3)13-7-5-6-8-14(13)21-15/h5-8,11,20H,9-10H2,1-4H3,(H,18,19). The van der Waals surface area contributed by atoms with Gasteiger partial charge in [-0.2, -0.15) is 0 Å². The third-order valence-electron chi connectivity index (χ3n) is 3.53. The lowest BCUT2D eigenvalue weighted by molar-refractivity contribution is 0.0364. The van der Waals surface area contributed by atoms with Crippen LogP contribution in [-0.2, 0) is 0 Å². The molecule has 1 aromatic heterocycles. The second-order valence-electron chi connectivity index (χ2n) is 6.33. The Hall–Kier alpha value is -1.81. The fraction of sp³-hybridized carbons (Fsp3) is 0.471. The van der Waals surface area contributed by atoms with Crippen molar-refractivity contribution in [2.45, 2.75) is 39.7 Å². The molecule has 114 valence electrons. The Morgan fingerprint density at radius 1 is 1.38 bits per heavy atom. The van der Waals surface area contributed by atoms with Crippen molar-refractivity contribution < 1.29 is 14.3 Å². The second-order valence-corrected chi connectivity index (χ2v) is 6.33. The Morgan fingerprint density at radius 3 is 2.67 bits per heavy atom. The van der Waals surface area contributed by atoms with E-state index in [4.69, 9.17) is 4.42 Å². The number of hydrogen-bond acceptors (Lipinski definition) is 3. The van der Waals surface area contributed by atoms with E-state index < -0.39 is 5.60 Å². The number of nitrogens with one attached hydrogen (secondary N) is 1. The van der Waals surface area contributed by atoms with Gasteiger partial charge in [-0.05, 0) is 32.3 Å². The highest BCUT2D eigenvalue weighted by molar-refractivity contribution is 5.98. The molecule has 0 bridgehead atoms. The summed E-state index contributed by atoms with van der Waals surface area (Å²) in [6.45, 7) is 7.89. The highest BCUT2D eigenvalue weighted by Gasteiger charge is 2.24. The molecule has 2 rings (SSSR count). The van der Waals surface area contributed by atoms with Crippen molar-refractivity contribution in [2.75, 3.05) is 6.54 Å². The van der Waals surface area contributed by atoms with Crippen molar-refractivity contribution in [3.63, 3.8) is 0 Å². The summed E-state index contributed by atoms with van der Waals surface area (Å²) >= 11 is 0. The lowest BCUT2D eigenvalue weighted by atomic mass is 9.94. The molecule has 1 amide bonds. The lowest BCUT2D eigenvalue weighted by Gasteiger charge is -2.25. The van der Waals surface area contributed by atoms with Crippen molar-refractivity contribution in [2.24, 2.45) is 5.92 Å². The van der Waals surface area contributed by atoms with Crippen molar-refractivity contribution in [1.29, 1.82) is 0 Å². The van der Waals surface area contributed by atoms with Crippen LogP contribution in [0.25, 0.3) is 11.0 Å². The van der Waals surface area contributed by atoms with Gasteiger partial charge in [0.05, 0.1) is 5.60 Å². The molecule has 1 aromatic carbocycles. The summed E-state index contributed by atoms with van der Waals surface area (Å²) < 4.78 is 5.61. The first kappa shape index (κ1) is 15.6. The van der Waals surface area contributed by atoms with E-state index in [0.717, 1.165) is 10.9 Å². The predicted molar refractivity (Wildman–Crippen MR) is 83.4 cm³/mol. The summed E-state index contributed by atoms with van der Waals surface area (Å²) in [6, 6.07) is 7.56. The summed E-state index contributed by atoms with van der Waals surface area (Å²) in [4.78, 5) is 12.3. The van der Waals surface area contributed by atoms with Gasteiger partial charge in [0.1, 0.15) is 5.58 Å². The number of rotatable bonds is 5. The van der Waals surface area contributed by atoms with Gasteiger partial charge >= 0.3 is 0 Å². The molecule has 0 fully saturated rings. The van der Waals surface area contributed by atoms with Gasteiger partial charge < -0.3 is 14.8 Å². The number of fused-ring (bicyclic) bond motifs is 1. The number of aliphatic hydroxyl groups is 1. The van der Waals surface area contributed by atoms with Gasteiger partial charge in [0.2, 0.25) is 0 Å². The minimum absolute atomic E-state index is 0.209. The molecule has 2 N–H and O–H groups in total. The van der Waals surface area contributed by atoms with E-state index in [1.54, 1.807) is 6.92 Å². The molecular formula is C17H23NO3. The molecular weight excluding hydrogens is 266 g/mol. The topological polar surface area (TPSA) is 62.5 Å². The minimum atomic E-state index is -0.913. The van der Waals surface area contributed by atoms with E-state index in [9.17, 15) is 9.90 Å². The Kier molecular flexibility index (Phi) is 4.37. The van der Waals surface area contributed by atoms with Gasteiger partial charge in [0.25, 0.3) is 5.91 Å². The Balaban J connectivity index is 2.11. The number of benzene rings is 1. The lowest BCUT2D eigenvalue weighted by Crippen LogP contribution is -2.41. The number of furan rings is 1. The summed E-state index contributed by atoms with van der Waals surface area (Å²) in [5.41, 5.74) is 0.615. The molecule has 1 atom stereocenters. The largest absolute Gasteiger partial charge is 0.451 e. The van der Waals surface area contributed by atoms with Crippen LogP contribution in [0, 0.1) is 12.8 Å². The highest BCUT2D eigenvalue weighted by Crippen LogP contribution is 2.25. The maximum Gasteiger partial charge on any atom is 0.287 e. The van der Waals surface area contributed by atoms with Crippen LogP contribution >= 0.6 is 0 Å². The summed E-state index contributed by atoms with van der Waals surface area (Å²) in [5.74, 6) is 0.397. The first-order valence-corrected chi connectivity index (χ1v) is 7.29. The quantitative estimate of drug-likeness (QED) is 0.888. The monoisotopic (exact) mass is 289 g/mol. The molecule has 4 nitrogen and oxygen atoms in total. The molecule has 2 aromatic rings. The van der Waals surface area contributed by atoms with Crippen LogP contribution in [-0.4, -0.2) is 23.2 Å². The predicted octanol–water partition coefficient (Wildman–Crippen LogP) is 3.27. The van der Waals surface area contributed by atoms with Crippen molar-refractivity contribution in [3.05, 3.63) is 35.6 Å². The SMILES string of the molecule is Cc1c(C(=O)NCC(C)(O)CC(C)C)oc2ccccc12. The molecule has 1 heterocycles.